The molecule has 0 heterocycles. The summed E-state index contributed by atoms with van der Waals surface area (Å²) in [6.07, 6.45) is -1.43. The minimum Gasteiger partial charge on any atom is -0.480 e. The van der Waals surface area contributed by atoms with E-state index in [1.807, 2.05) is 0 Å². The van der Waals surface area contributed by atoms with Crippen molar-refractivity contribution < 1.29 is 32.5 Å². The topological polar surface area (TPSA) is 91.6 Å². The van der Waals surface area contributed by atoms with E-state index in [-0.39, 0.29) is 12.6 Å². The molecule has 0 aromatic carbocycles. The molecule has 0 atom stereocenters. The number of nitrogens with one attached hydrogen (secondary N) is 2. The van der Waals surface area contributed by atoms with Gasteiger partial charge in [-0.2, -0.15) is 13.2 Å². The molecule has 0 saturated heterocycles. The number of ether oxygens (including phenoxy) is 2. The molecule has 0 amide bonds. The Morgan fingerprint density at radius 1 is 1.45 bits per heavy atom. The van der Waals surface area contributed by atoms with E-state index in [0.717, 1.165) is 19.0 Å². The fourth-order valence-corrected chi connectivity index (χ4v) is 1.14. The third-order valence-corrected chi connectivity index (χ3v) is 2.21. The number of hydrogen-bond acceptors (Lipinski definition) is 5. The number of carbonyl (C=O) groups is 1. The van der Waals surface area contributed by atoms with Gasteiger partial charge < -0.3 is 19.9 Å². The summed E-state index contributed by atoms with van der Waals surface area (Å²) in [5.41, 5.74) is -1.05. The average molecular weight is 296 g/mol. The molecule has 6 nitrogen and oxygen atoms in total. The summed E-state index contributed by atoms with van der Waals surface area (Å²) in [6, 6.07) is 0. The van der Waals surface area contributed by atoms with Crippen molar-refractivity contribution in [3.63, 3.8) is 0 Å². The Hall–Kier alpha value is -1.77. The predicted molar refractivity (Wildman–Crippen MR) is 62.4 cm³/mol. The Labute approximate surface area is 113 Å². The highest BCUT2D eigenvalue weighted by atomic mass is 19.4. The SMILES string of the molecule is N=C(C(=O)O)/C(=C\NCCOC1CC1)OCC(F)(F)F. The largest absolute Gasteiger partial charge is 0.480 e. The molecule has 3 N–H and O–H groups in total. The van der Waals surface area contributed by atoms with E-state index in [1.165, 1.54) is 0 Å². The number of carboxylic acids is 1. The van der Waals surface area contributed by atoms with Crippen molar-refractivity contribution in [2.45, 2.75) is 25.1 Å². The van der Waals surface area contributed by atoms with E-state index < -0.39 is 30.2 Å². The van der Waals surface area contributed by atoms with E-state index >= 15 is 0 Å². The molecule has 114 valence electrons. The number of halogens is 3. The van der Waals surface area contributed by atoms with Gasteiger partial charge in [0.05, 0.1) is 12.7 Å². The second-order valence-corrected chi connectivity index (χ2v) is 4.12. The molecular formula is C11H15F3N2O4. The van der Waals surface area contributed by atoms with Crippen LogP contribution in [-0.2, 0) is 14.3 Å². The van der Waals surface area contributed by atoms with Crippen LogP contribution in [-0.4, -0.2) is 48.8 Å². The second-order valence-electron chi connectivity index (χ2n) is 4.12. The molecule has 0 aromatic rings. The molecule has 0 radical (unpaired) electrons. The summed E-state index contributed by atoms with van der Waals surface area (Å²) >= 11 is 0. The Balaban J connectivity index is 2.42. The Bertz CT molecular complexity index is 392. The van der Waals surface area contributed by atoms with Crippen LogP contribution in [0.1, 0.15) is 12.8 Å². The summed E-state index contributed by atoms with van der Waals surface area (Å²) in [4.78, 5) is 10.6. The zero-order chi connectivity index (χ0) is 15.2. The Morgan fingerprint density at radius 2 is 2.10 bits per heavy atom. The molecule has 1 fully saturated rings. The highest BCUT2D eigenvalue weighted by Crippen LogP contribution is 2.22. The minimum atomic E-state index is -4.60. The second kappa shape index (κ2) is 7.13. The molecule has 0 aliphatic heterocycles. The number of hydrogen-bond donors (Lipinski definition) is 3. The molecule has 0 spiro atoms. The first-order valence-corrected chi connectivity index (χ1v) is 5.86. The number of aliphatic carboxylic acids is 1. The van der Waals surface area contributed by atoms with Gasteiger partial charge in [0.2, 0.25) is 0 Å². The third kappa shape index (κ3) is 6.98. The standard InChI is InChI=1S/C11H15F3N2O4/c12-11(13,14)6-20-8(9(15)10(17)18)5-16-3-4-19-7-1-2-7/h5,7,15-16H,1-4,6H2,(H,17,18)/b8-5+,15-9?. The van der Waals surface area contributed by atoms with Crippen molar-refractivity contribution >= 4 is 11.7 Å². The monoisotopic (exact) mass is 296 g/mol. The van der Waals surface area contributed by atoms with Crippen LogP contribution in [0, 0.1) is 5.41 Å². The molecular weight excluding hydrogens is 281 g/mol. The first-order valence-electron chi connectivity index (χ1n) is 5.86. The zero-order valence-electron chi connectivity index (χ0n) is 10.5. The number of carboxylic acid groups (broad SMARTS) is 1. The van der Waals surface area contributed by atoms with Crippen molar-refractivity contribution in [3.8, 4) is 0 Å². The highest BCUT2D eigenvalue weighted by molar-refractivity contribution is 6.40. The van der Waals surface area contributed by atoms with Gasteiger partial charge in [-0.05, 0) is 12.8 Å². The van der Waals surface area contributed by atoms with E-state index in [2.05, 4.69) is 10.1 Å². The molecule has 20 heavy (non-hydrogen) atoms. The minimum absolute atomic E-state index is 0.249. The molecule has 1 aliphatic carbocycles. The van der Waals surface area contributed by atoms with Gasteiger partial charge in [0, 0.05) is 12.7 Å². The van der Waals surface area contributed by atoms with Crippen LogP contribution in [0.5, 0.6) is 0 Å². The van der Waals surface area contributed by atoms with Crippen LogP contribution in [0.2, 0.25) is 0 Å². The van der Waals surface area contributed by atoms with Gasteiger partial charge >= 0.3 is 12.1 Å². The van der Waals surface area contributed by atoms with E-state index in [4.69, 9.17) is 15.3 Å². The lowest BCUT2D eigenvalue weighted by Gasteiger charge is -2.12. The van der Waals surface area contributed by atoms with E-state index in [1.54, 1.807) is 0 Å². The van der Waals surface area contributed by atoms with E-state index in [0.29, 0.717) is 6.61 Å². The molecule has 1 saturated carbocycles. The average Bonchev–Trinajstić information content (AvgIpc) is 3.14. The van der Waals surface area contributed by atoms with E-state index in [9.17, 15) is 18.0 Å². The van der Waals surface area contributed by atoms with Crippen LogP contribution >= 0.6 is 0 Å². The van der Waals surface area contributed by atoms with Crippen LogP contribution in [0.15, 0.2) is 12.0 Å². The van der Waals surface area contributed by atoms with Gasteiger partial charge in [0.1, 0.15) is 0 Å². The lowest BCUT2D eigenvalue weighted by molar-refractivity contribution is -0.163. The zero-order valence-corrected chi connectivity index (χ0v) is 10.5. The van der Waals surface area contributed by atoms with Crippen LogP contribution < -0.4 is 5.32 Å². The van der Waals surface area contributed by atoms with Gasteiger partial charge in [-0.25, -0.2) is 4.79 Å². The Kier molecular flexibility index (Phi) is 5.81. The van der Waals surface area contributed by atoms with Crippen molar-refractivity contribution in [1.29, 1.82) is 5.41 Å². The molecule has 0 bridgehead atoms. The normalized spacial score (nSPS) is 15.8. The molecule has 0 unspecified atom stereocenters. The van der Waals surface area contributed by atoms with Crippen LogP contribution in [0.25, 0.3) is 0 Å². The summed E-state index contributed by atoms with van der Waals surface area (Å²) < 4.78 is 45.6. The van der Waals surface area contributed by atoms with Crippen molar-refractivity contribution in [1.82, 2.24) is 5.32 Å². The predicted octanol–water partition coefficient (Wildman–Crippen LogP) is 1.28. The maximum atomic E-state index is 12.0. The molecule has 0 aromatic heterocycles. The van der Waals surface area contributed by atoms with Crippen molar-refractivity contribution in [3.05, 3.63) is 12.0 Å². The maximum absolute atomic E-state index is 12.0. The lowest BCUT2D eigenvalue weighted by atomic mass is 10.3. The van der Waals surface area contributed by atoms with Crippen LogP contribution in [0.3, 0.4) is 0 Å². The first kappa shape index (κ1) is 16.3. The molecule has 1 aliphatic rings. The fourth-order valence-electron chi connectivity index (χ4n) is 1.14. The fraction of sp³-hybridized carbons (Fsp3) is 0.636. The smallest absolute Gasteiger partial charge is 0.422 e. The Morgan fingerprint density at radius 3 is 2.60 bits per heavy atom. The number of alkyl halides is 3. The summed E-state index contributed by atoms with van der Waals surface area (Å²) in [6.45, 7) is -1.04. The van der Waals surface area contributed by atoms with Gasteiger partial charge in [0.25, 0.3) is 0 Å². The quantitative estimate of drug-likeness (QED) is 0.339. The van der Waals surface area contributed by atoms with Crippen molar-refractivity contribution in [2.75, 3.05) is 19.8 Å². The van der Waals surface area contributed by atoms with Gasteiger partial charge in [-0.3, -0.25) is 5.41 Å². The van der Waals surface area contributed by atoms with Crippen molar-refractivity contribution in [2.24, 2.45) is 0 Å². The van der Waals surface area contributed by atoms with Gasteiger partial charge in [-0.15, -0.1) is 0 Å². The highest BCUT2D eigenvalue weighted by Gasteiger charge is 2.30. The summed E-state index contributed by atoms with van der Waals surface area (Å²) in [7, 11) is 0. The third-order valence-electron chi connectivity index (χ3n) is 2.21. The maximum Gasteiger partial charge on any atom is 0.422 e. The molecule has 1 rings (SSSR count). The summed E-state index contributed by atoms with van der Waals surface area (Å²) in [5, 5.41) is 18.3. The summed E-state index contributed by atoms with van der Waals surface area (Å²) in [5.74, 6) is -2.35. The van der Waals surface area contributed by atoms with Gasteiger partial charge in [0.15, 0.2) is 18.1 Å². The van der Waals surface area contributed by atoms with Crippen LogP contribution in [0.4, 0.5) is 13.2 Å². The first-order chi connectivity index (χ1) is 9.29. The lowest BCUT2D eigenvalue weighted by Crippen LogP contribution is -2.25. The molecule has 9 heteroatoms. The number of rotatable bonds is 9. The van der Waals surface area contributed by atoms with Gasteiger partial charge in [-0.1, -0.05) is 0 Å².